The van der Waals surface area contributed by atoms with Gasteiger partial charge < -0.3 is 36.8 Å². The lowest BCUT2D eigenvalue weighted by Gasteiger charge is -2.54. The third kappa shape index (κ3) is 3.05. The molecule has 0 saturated heterocycles. The zero-order chi connectivity index (χ0) is 26.2. The minimum absolute atomic E-state index is 0.0281. The minimum atomic E-state index is -2.71. The van der Waals surface area contributed by atoms with Gasteiger partial charge in [0, 0.05) is 43.2 Å². The molecule has 1 aromatic rings. The summed E-state index contributed by atoms with van der Waals surface area (Å²) in [5.41, 5.74) is 7.79. The first-order chi connectivity index (χ1) is 16.2. The molecular weight excluding hydrogens is 456 g/mol. The number of phenols is 1. The average Bonchev–Trinajstić information content (AvgIpc) is 2.75. The Kier molecular flexibility index (Phi) is 5.51. The van der Waals surface area contributed by atoms with Gasteiger partial charge in [0.25, 0.3) is 5.91 Å². The van der Waals surface area contributed by atoms with Gasteiger partial charge in [-0.25, -0.2) is 0 Å². The largest absolute Gasteiger partial charge is 0.508 e. The molecule has 0 unspecified atom stereocenters. The number of hydrogen-bond donors (Lipinski definition) is 6. The van der Waals surface area contributed by atoms with Gasteiger partial charge in [-0.3, -0.25) is 19.3 Å². The van der Waals surface area contributed by atoms with Crippen LogP contribution in [0.1, 0.15) is 17.5 Å². The highest BCUT2D eigenvalue weighted by Gasteiger charge is 2.67. The van der Waals surface area contributed by atoms with Gasteiger partial charge in [-0.1, -0.05) is 0 Å². The third-order valence-corrected chi connectivity index (χ3v) is 7.68. The summed E-state index contributed by atoms with van der Waals surface area (Å²) in [5, 5.41) is 44.6. The number of rotatable bonds is 4. The number of aromatic hydroxyl groups is 1. The lowest BCUT2D eigenvalue weighted by atomic mass is 9.51. The summed E-state index contributed by atoms with van der Waals surface area (Å²) in [6.07, 6.45) is 0.0533. The van der Waals surface area contributed by atoms with Crippen molar-refractivity contribution >= 4 is 28.9 Å². The number of amides is 1. The van der Waals surface area contributed by atoms with E-state index in [0.717, 1.165) is 0 Å². The van der Waals surface area contributed by atoms with Crippen LogP contribution in [0.5, 0.6) is 5.75 Å². The summed E-state index contributed by atoms with van der Waals surface area (Å²) in [4.78, 5) is 42.5. The second-order valence-electron chi connectivity index (χ2n) is 10.0. The highest BCUT2D eigenvalue weighted by atomic mass is 16.3. The van der Waals surface area contributed by atoms with Crippen LogP contribution in [0.2, 0.25) is 0 Å². The van der Waals surface area contributed by atoms with Crippen LogP contribution in [0.25, 0.3) is 5.76 Å². The first-order valence-corrected chi connectivity index (χ1v) is 11.1. The van der Waals surface area contributed by atoms with Gasteiger partial charge >= 0.3 is 0 Å². The molecule has 1 aromatic carbocycles. The van der Waals surface area contributed by atoms with Crippen molar-refractivity contribution < 1.29 is 34.8 Å². The fourth-order valence-electron chi connectivity index (χ4n) is 6.09. The van der Waals surface area contributed by atoms with E-state index >= 15 is 0 Å². The predicted octanol–water partition coefficient (Wildman–Crippen LogP) is -0.641. The topological polar surface area (TPSA) is 191 Å². The fourth-order valence-corrected chi connectivity index (χ4v) is 6.09. The van der Waals surface area contributed by atoms with Crippen LogP contribution < -0.4 is 16.4 Å². The molecule has 1 amide bonds. The van der Waals surface area contributed by atoms with E-state index in [1.807, 2.05) is 0 Å². The standard InChI is InChI=1S/C24H30N4O7/c1-27(2)12-5-6-13(29)14-10(12)7-23(9-25)8-11-17(28(3)4)19(31)15(22(26)34)20(32)24(11,35)21(33)16(23)18(14)30/h5-6,11,17,29-30,32,35H,7-9,25H2,1-4H3,(H2,26,34)/t11-,17-,23-,24+/m0/s1. The predicted molar refractivity (Wildman–Crippen MR) is 127 cm³/mol. The van der Waals surface area contributed by atoms with Crippen LogP contribution in [-0.2, 0) is 20.8 Å². The second kappa shape index (κ2) is 7.80. The van der Waals surface area contributed by atoms with Crippen LogP contribution in [0.3, 0.4) is 0 Å². The van der Waals surface area contributed by atoms with Gasteiger partial charge in [0.1, 0.15) is 22.8 Å². The van der Waals surface area contributed by atoms with Gasteiger partial charge in [-0.2, -0.15) is 0 Å². The number of carbonyl (C=O) groups is 3. The Morgan fingerprint density at radius 3 is 2.29 bits per heavy atom. The Labute approximate surface area is 201 Å². The van der Waals surface area contributed by atoms with Crippen LogP contribution in [0, 0.1) is 11.3 Å². The molecule has 0 heterocycles. The first-order valence-electron chi connectivity index (χ1n) is 11.1. The van der Waals surface area contributed by atoms with Crippen molar-refractivity contribution in [3.63, 3.8) is 0 Å². The van der Waals surface area contributed by atoms with Crippen molar-refractivity contribution in [3.05, 3.63) is 40.2 Å². The Morgan fingerprint density at radius 1 is 1.14 bits per heavy atom. The van der Waals surface area contributed by atoms with Crippen molar-refractivity contribution in [1.29, 1.82) is 0 Å². The van der Waals surface area contributed by atoms with E-state index in [-0.39, 0.29) is 36.3 Å². The monoisotopic (exact) mass is 486 g/mol. The molecule has 0 spiro atoms. The maximum absolute atomic E-state index is 14.0. The number of benzene rings is 1. The number of fused-ring (bicyclic) bond motifs is 3. The van der Waals surface area contributed by atoms with Crippen LogP contribution in [0.4, 0.5) is 5.69 Å². The molecule has 3 aliphatic rings. The fraction of sp³-hybridized carbons (Fsp3) is 0.458. The van der Waals surface area contributed by atoms with Gasteiger partial charge in [0.05, 0.1) is 11.6 Å². The van der Waals surface area contributed by atoms with Gasteiger partial charge in [-0.05, 0) is 44.6 Å². The summed E-state index contributed by atoms with van der Waals surface area (Å²) in [6.45, 7) is -0.131. The number of aliphatic hydroxyl groups excluding tert-OH is 2. The molecule has 0 bridgehead atoms. The highest BCUT2D eigenvalue weighted by molar-refractivity contribution is 6.24. The lowest BCUT2D eigenvalue weighted by molar-refractivity contribution is -0.156. The SMILES string of the molecule is CN(C)c1ccc(O)c2c1C[C@@]1(CN)C[C@H]3[C@H](N(C)C)C(=O)C(C(N)=O)=C(O)[C@@]3(O)C(=O)C1=C2O. The molecular formula is C24H30N4O7. The van der Waals surface area contributed by atoms with Crippen LogP contribution in [0.15, 0.2) is 29.0 Å². The molecule has 11 heteroatoms. The summed E-state index contributed by atoms with van der Waals surface area (Å²) >= 11 is 0. The van der Waals surface area contributed by atoms with Crippen molar-refractivity contribution in [2.24, 2.45) is 22.8 Å². The van der Waals surface area contributed by atoms with Crippen LogP contribution >= 0.6 is 0 Å². The summed E-state index contributed by atoms with van der Waals surface area (Å²) in [5.74, 6) is -6.35. The first kappa shape index (κ1) is 24.7. The molecule has 1 fully saturated rings. The van der Waals surface area contributed by atoms with E-state index in [2.05, 4.69) is 0 Å². The third-order valence-electron chi connectivity index (χ3n) is 7.68. The number of likely N-dealkylation sites (N-methyl/N-ethyl adjacent to an activating group) is 1. The summed E-state index contributed by atoms with van der Waals surface area (Å²) < 4.78 is 0. The van der Waals surface area contributed by atoms with Crippen molar-refractivity contribution in [3.8, 4) is 5.75 Å². The average molecular weight is 487 g/mol. The van der Waals surface area contributed by atoms with Crippen molar-refractivity contribution in [2.45, 2.75) is 24.5 Å². The van der Waals surface area contributed by atoms with E-state index in [0.29, 0.717) is 11.3 Å². The second-order valence-corrected chi connectivity index (χ2v) is 10.0. The maximum Gasteiger partial charge on any atom is 0.255 e. The molecule has 188 valence electrons. The smallest absolute Gasteiger partial charge is 0.255 e. The summed E-state index contributed by atoms with van der Waals surface area (Å²) in [6, 6.07) is 1.89. The van der Waals surface area contributed by atoms with Crippen molar-refractivity contribution in [1.82, 2.24) is 4.90 Å². The quantitative estimate of drug-likeness (QED) is 0.298. The Bertz CT molecular complexity index is 1230. The maximum atomic E-state index is 14.0. The number of nitrogens with two attached hydrogens (primary N) is 2. The molecule has 4 rings (SSSR count). The number of hydrogen-bond acceptors (Lipinski definition) is 10. The summed E-state index contributed by atoms with van der Waals surface area (Å²) in [7, 11) is 6.67. The number of ketones is 2. The molecule has 11 nitrogen and oxygen atoms in total. The number of Topliss-reactive ketones (excluding diaryl/α,β-unsaturated/α-hetero) is 2. The van der Waals surface area contributed by atoms with Gasteiger partial charge in [0.15, 0.2) is 11.4 Å². The molecule has 0 aliphatic heterocycles. The van der Waals surface area contributed by atoms with Gasteiger partial charge in [0.2, 0.25) is 5.78 Å². The Hall–Kier alpha value is -3.41. The van der Waals surface area contributed by atoms with Crippen LogP contribution in [-0.4, -0.2) is 89.2 Å². The zero-order valence-corrected chi connectivity index (χ0v) is 20.0. The highest BCUT2D eigenvalue weighted by Crippen LogP contribution is 2.58. The number of nitrogens with zero attached hydrogens (tertiary/aromatic N) is 2. The molecule has 8 N–H and O–H groups in total. The van der Waals surface area contributed by atoms with E-state index in [9.17, 15) is 34.8 Å². The van der Waals surface area contributed by atoms with E-state index in [4.69, 9.17) is 11.5 Å². The number of anilines is 1. The molecule has 0 radical (unpaired) electrons. The Morgan fingerprint density at radius 2 is 1.77 bits per heavy atom. The minimum Gasteiger partial charge on any atom is -0.508 e. The molecule has 35 heavy (non-hydrogen) atoms. The molecule has 4 atom stereocenters. The lowest BCUT2D eigenvalue weighted by Crippen LogP contribution is -2.68. The number of carbonyl (C=O) groups excluding carboxylic acids is 3. The zero-order valence-electron chi connectivity index (χ0n) is 20.0. The molecule has 1 saturated carbocycles. The Balaban J connectivity index is 2.08. The molecule has 0 aromatic heterocycles. The van der Waals surface area contributed by atoms with Gasteiger partial charge in [-0.15, -0.1) is 0 Å². The van der Waals surface area contributed by atoms with E-state index in [1.54, 1.807) is 39.2 Å². The van der Waals surface area contributed by atoms with E-state index in [1.165, 1.54) is 11.0 Å². The number of phenolic OH excluding ortho intramolecular Hbond substituents is 1. The van der Waals surface area contributed by atoms with Crippen molar-refractivity contribution in [2.75, 3.05) is 39.6 Å². The number of primary amides is 1. The molecule has 3 aliphatic carbocycles. The van der Waals surface area contributed by atoms with E-state index < -0.39 is 57.5 Å². The number of aliphatic hydroxyl groups is 3. The normalized spacial score (nSPS) is 30.3.